The Morgan fingerprint density at radius 1 is 0.889 bits per heavy atom. The number of nitro groups is 1. The molecule has 3 nitrogen and oxygen atoms in total. The predicted molar refractivity (Wildman–Crippen MR) is 72.4 cm³/mol. The lowest BCUT2D eigenvalue weighted by Gasteiger charge is -2.05. The van der Waals surface area contributed by atoms with Crippen LogP contribution in [-0.4, -0.2) is 4.92 Å². The van der Waals surface area contributed by atoms with Crippen LogP contribution in [0.25, 0.3) is 11.3 Å². The Morgan fingerprint density at radius 2 is 1.33 bits per heavy atom. The van der Waals surface area contributed by atoms with Crippen LogP contribution in [0.2, 0.25) is 0 Å². The van der Waals surface area contributed by atoms with Crippen molar-refractivity contribution in [3.63, 3.8) is 0 Å². The van der Waals surface area contributed by atoms with Crippen molar-refractivity contribution in [1.29, 1.82) is 0 Å². The molecule has 0 unspecified atom stereocenters. The third-order valence-electron chi connectivity index (χ3n) is 2.79. The van der Waals surface area contributed by atoms with Gasteiger partial charge < -0.3 is 0 Å². The summed E-state index contributed by atoms with van der Waals surface area (Å²) in [5, 5.41) is 11.3. The van der Waals surface area contributed by atoms with Gasteiger partial charge in [0.2, 0.25) is 0 Å². The molecule has 0 saturated carbocycles. The molecular weight excluding hydrogens is 226 g/mol. The van der Waals surface area contributed by atoms with Gasteiger partial charge in [-0.2, -0.15) is 0 Å². The average Bonchev–Trinajstić information content (AvgIpc) is 2.40. The lowest BCUT2D eigenvalue weighted by atomic mass is 10.0. The summed E-state index contributed by atoms with van der Waals surface area (Å²) in [4.78, 5) is 10.9. The van der Waals surface area contributed by atoms with E-state index in [1.807, 2.05) is 36.4 Å². The van der Waals surface area contributed by atoms with E-state index in [4.69, 9.17) is 0 Å². The van der Waals surface area contributed by atoms with E-state index >= 15 is 0 Å². The zero-order valence-corrected chi connectivity index (χ0v) is 10.0. The second-order valence-electron chi connectivity index (χ2n) is 3.96. The molecule has 0 atom stereocenters. The van der Waals surface area contributed by atoms with Gasteiger partial charge >= 0.3 is 0 Å². The maximum atomic E-state index is 11.3. The highest BCUT2D eigenvalue weighted by atomic mass is 16.6. The molecule has 90 valence electrons. The van der Waals surface area contributed by atoms with Gasteiger partial charge in [0.05, 0.1) is 10.5 Å². The maximum absolute atomic E-state index is 11.3. The standard InChI is InChI=1S/C15H13NO2/c1-12(13-8-4-2-5-9-13)15(16(17)18)14-10-6-3-7-11-14/h2-11H,1H3/b15-12+. The Morgan fingerprint density at radius 3 is 1.78 bits per heavy atom. The van der Waals surface area contributed by atoms with Gasteiger partial charge in [0, 0.05) is 5.57 Å². The fourth-order valence-corrected chi connectivity index (χ4v) is 1.88. The Balaban J connectivity index is 2.58. The smallest absolute Gasteiger partial charge is 0.258 e. The molecule has 0 aliphatic carbocycles. The zero-order valence-electron chi connectivity index (χ0n) is 10.0. The van der Waals surface area contributed by atoms with Gasteiger partial charge in [-0.05, 0) is 24.6 Å². The van der Waals surface area contributed by atoms with Gasteiger partial charge in [0.1, 0.15) is 0 Å². The molecule has 18 heavy (non-hydrogen) atoms. The molecule has 2 aromatic carbocycles. The van der Waals surface area contributed by atoms with E-state index in [9.17, 15) is 10.1 Å². The largest absolute Gasteiger partial charge is 0.280 e. The Labute approximate surface area is 106 Å². The summed E-state index contributed by atoms with van der Waals surface area (Å²) in [5.74, 6) is 0. The first-order chi connectivity index (χ1) is 8.70. The molecular formula is C15H13NO2. The van der Waals surface area contributed by atoms with Crippen LogP contribution in [0.5, 0.6) is 0 Å². The number of nitrogens with zero attached hydrogens (tertiary/aromatic N) is 1. The van der Waals surface area contributed by atoms with Crippen LogP contribution >= 0.6 is 0 Å². The first-order valence-corrected chi connectivity index (χ1v) is 5.66. The first kappa shape index (κ1) is 12.0. The quantitative estimate of drug-likeness (QED) is 0.464. The van der Waals surface area contributed by atoms with Crippen molar-refractivity contribution >= 4 is 11.3 Å². The summed E-state index contributed by atoms with van der Waals surface area (Å²) < 4.78 is 0. The molecule has 0 radical (unpaired) electrons. The number of hydrogen-bond acceptors (Lipinski definition) is 2. The summed E-state index contributed by atoms with van der Waals surface area (Å²) in [7, 11) is 0. The Hall–Kier alpha value is -2.42. The molecule has 3 heteroatoms. The summed E-state index contributed by atoms with van der Waals surface area (Å²) in [5.41, 5.74) is 2.32. The van der Waals surface area contributed by atoms with E-state index in [1.54, 1.807) is 31.2 Å². The number of benzene rings is 2. The Bertz CT molecular complexity index is 574. The minimum Gasteiger partial charge on any atom is -0.258 e. The van der Waals surface area contributed by atoms with Crippen molar-refractivity contribution in [2.75, 3.05) is 0 Å². The fourth-order valence-electron chi connectivity index (χ4n) is 1.88. The van der Waals surface area contributed by atoms with Crippen molar-refractivity contribution < 1.29 is 4.92 Å². The molecule has 0 heterocycles. The van der Waals surface area contributed by atoms with Gasteiger partial charge in [0.15, 0.2) is 0 Å². The molecule has 0 amide bonds. The lowest BCUT2D eigenvalue weighted by molar-refractivity contribution is -0.374. The van der Waals surface area contributed by atoms with Crippen LogP contribution in [-0.2, 0) is 0 Å². The van der Waals surface area contributed by atoms with E-state index in [0.717, 1.165) is 5.56 Å². The second kappa shape index (κ2) is 5.27. The van der Waals surface area contributed by atoms with Crippen LogP contribution in [0.1, 0.15) is 18.1 Å². The molecule has 2 rings (SSSR count). The highest BCUT2D eigenvalue weighted by Gasteiger charge is 2.18. The van der Waals surface area contributed by atoms with Crippen LogP contribution < -0.4 is 0 Å². The summed E-state index contributed by atoms with van der Waals surface area (Å²) >= 11 is 0. The van der Waals surface area contributed by atoms with Crippen LogP contribution in [0, 0.1) is 10.1 Å². The van der Waals surface area contributed by atoms with Crippen LogP contribution in [0.4, 0.5) is 0 Å². The minimum absolute atomic E-state index is 0.154. The van der Waals surface area contributed by atoms with Crippen molar-refractivity contribution in [2.24, 2.45) is 0 Å². The third kappa shape index (κ3) is 2.46. The third-order valence-corrected chi connectivity index (χ3v) is 2.79. The van der Waals surface area contributed by atoms with E-state index in [1.165, 1.54) is 0 Å². The number of rotatable bonds is 3. The molecule has 2 aromatic rings. The molecule has 0 saturated heterocycles. The Kier molecular flexibility index (Phi) is 3.53. The predicted octanol–water partition coefficient (Wildman–Crippen LogP) is 3.85. The molecule has 0 fully saturated rings. The van der Waals surface area contributed by atoms with Gasteiger partial charge in [-0.3, -0.25) is 10.1 Å². The van der Waals surface area contributed by atoms with E-state index in [2.05, 4.69) is 0 Å². The molecule has 0 aliphatic rings. The van der Waals surface area contributed by atoms with Gasteiger partial charge in [-0.1, -0.05) is 48.5 Å². The summed E-state index contributed by atoms with van der Waals surface area (Å²) in [6.45, 7) is 1.78. The van der Waals surface area contributed by atoms with Gasteiger partial charge in [-0.15, -0.1) is 0 Å². The van der Waals surface area contributed by atoms with Gasteiger partial charge in [0.25, 0.3) is 5.70 Å². The van der Waals surface area contributed by atoms with E-state index < -0.39 is 0 Å². The molecule has 0 bridgehead atoms. The maximum Gasteiger partial charge on any atom is 0.280 e. The van der Waals surface area contributed by atoms with Crippen molar-refractivity contribution in [2.45, 2.75) is 6.92 Å². The number of hydrogen-bond donors (Lipinski definition) is 0. The summed E-state index contributed by atoms with van der Waals surface area (Å²) in [6.07, 6.45) is 0. The van der Waals surface area contributed by atoms with Gasteiger partial charge in [-0.25, -0.2) is 0 Å². The monoisotopic (exact) mass is 239 g/mol. The highest BCUT2D eigenvalue weighted by molar-refractivity contribution is 5.85. The van der Waals surface area contributed by atoms with Crippen LogP contribution in [0.3, 0.4) is 0 Å². The fraction of sp³-hybridized carbons (Fsp3) is 0.0667. The molecule has 0 aliphatic heterocycles. The number of allylic oxidation sites excluding steroid dienone is 1. The molecule has 0 aromatic heterocycles. The molecule has 0 N–H and O–H groups in total. The molecule has 0 spiro atoms. The zero-order chi connectivity index (χ0) is 13.0. The van der Waals surface area contributed by atoms with Crippen LogP contribution in [0.15, 0.2) is 60.7 Å². The SMILES string of the molecule is C/C(=C(/c1ccccc1)[N+](=O)[O-])c1ccccc1. The second-order valence-corrected chi connectivity index (χ2v) is 3.96. The minimum atomic E-state index is -0.322. The van der Waals surface area contributed by atoms with E-state index in [-0.39, 0.29) is 10.6 Å². The highest BCUT2D eigenvalue weighted by Crippen LogP contribution is 2.26. The average molecular weight is 239 g/mol. The summed E-state index contributed by atoms with van der Waals surface area (Å²) in [6, 6.07) is 18.4. The normalized spacial score (nSPS) is 11.8. The first-order valence-electron chi connectivity index (χ1n) is 5.66. The van der Waals surface area contributed by atoms with Crippen molar-refractivity contribution in [1.82, 2.24) is 0 Å². The topological polar surface area (TPSA) is 43.1 Å². The lowest BCUT2D eigenvalue weighted by Crippen LogP contribution is -2.00. The van der Waals surface area contributed by atoms with E-state index in [0.29, 0.717) is 11.1 Å². The van der Waals surface area contributed by atoms with Crippen molar-refractivity contribution in [3.05, 3.63) is 81.9 Å². The van der Waals surface area contributed by atoms with Crippen molar-refractivity contribution in [3.8, 4) is 0 Å².